The van der Waals surface area contributed by atoms with Crippen molar-refractivity contribution in [3.8, 4) is 10.6 Å². The number of hydrogen-bond donors (Lipinski definition) is 0. The van der Waals surface area contributed by atoms with Gasteiger partial charge in [-0.2, -0.15) is 0 Å². The van der Waals surface area contributed by atoms with E-state index >= 15 is 0 Å². The second-order valence-electron chi connectivity index (χ2n) is 12.1. The lowest BCUT2D eigenvalue weighted by atomic mass is 9.81. The molecule has 0 spiro atoms. The Morgan fingerprint density at radius 2 is 1.84 bits per heavy atom. The number of nitrogens with zero attached hydrogens (tertiary/aromatic N) is 4. The number of carbonyl (C=O) groups excluding carboxylic acids is 2. The van der Waals surface area contributed by atoms with Gasteiger partial charge in [0.25, 0.3) is 0 Å². The van der Waals surface area contributed by atoms with Crippen LogP contribution in [-0.4, -0.2) is 82.9 Å². The maximum absolute atomic E-state index is 13.8. The minimum atomic E-state index is -0.299. The number of hydrogen-bond acceptors (Lipinski definition) is 9. The number of pyridine rings is 1. The maximum atomic E-state index is 13.8. The summed E-state index contributed by atoms with van der Waals surface area (Å²) in [6.45, 7) is 6.67. The summed E-state index contributed by atoms with van der Waals surface area (Å²) in [5.41, 5.74) is 6.53. The zero-order valence-corrected chi connectivity index (χ0v) is 27.1. The highest BCUT2D eigenvalue weighted by Crippen LogP contribution is 2.53. The van der Waals surface area contributed by atoms with Crippen LogP contribution in [-0.2, 0) is 19.1 Å². The summed E-state index contributed by atoms with van der Waals surface area (Å²) in [5, 5.41) is 2.18. The lowest BCUT2D eigenvalue weighted by Crippen LogP contribution is -2.46. The first-order chi connectivity index (χ1) is 21.4. The van der Waals surface area contributed by atoms with E-state index in [1.165, 1.54) is 31.9 Å². The topological polar surface area (TPSA) is 84.9 Å². The second-order valence-corrected chi connectivity index (χ2v) is 14.4. The van der Waals surface area contributed by atoms with E-state index in [9.17, 15) is 9.59 Å². The molecule has 10 heteroatoms. The summed E-state index contributed by atoms with van der Waals surface area (Å²) in [5.74, 6) is 0.218. The zero-order valence-electron chi connectivity index (χ0n) is 25.5. The van der Waals surface area contributed by atoms with Gasteiger partial charge in [0.15, 0.2) is 0 Å². The van der Waals surface area contributed by atoms with Crippen LogP contribution in [0.2, 0.25) is 0 Å². The fourth-order valence-electron chi connectivity index (χ4n) is 7.24. The quantitative estimate of drug-likeness (QED) is 0.308. The lowest BCUT2D eigenvalue weighted by molar-refractivity contribution is -0.136. The predicted molar refractivity (Wildman–Crippen MR) is 175 cm³/mol. The molecule has 1 amide bonds. The molecule has 7 rings (SSSR count). The third-order valence-electron chi connectivity index (χ3n) is 9.31. The van der Waals surface area contributed by atoms with Gasteiger partial charge in [0.1, 0.15) is 0 Å². The number of amides is 1. The monoisotopic (exact) mass is 630 g/mol. The van der Waals surface area contributed by atoms with Crippen molar-refractivity contribution in [3.05, 3.63) is 63.2 Å². The van der Waals surface area contributed by atoms with E-state index in [-0.39, 0.29) is 29.7 Å². The number of aryl methyl sites for hydroxylation is 2. The Labute approximate surface area is 266 Å². The molecule has 2 atom stereocenters. The number of thiazole rings is 1. The standard InChI is InChI=1S/C34H38N4O4S2/c1-20-32(43-21(2)35-20)26-12-9-23-17-24(10-11-25(23)36-26)31-30(22-7-5-4-6-8-22)33-27(18-28(44-33)34(40)41-3)38(31)19-29(39)37-13-15-42-16-14-37/h9-12,17-18,22,27,33H,4-8,13-16,19H2,1-3H3. The van der Waals surface area contributed by atoms with Crippen molar-refractivity contribution in [2.75, 3.05) is 40.0 Å². The minimum Gasteiger partial charge on any atom is -0.465 e. The Morgan fingerprint density at radius 3 is 2.57 bits per heavy atom. The third kappa shape index (κ3) is 5.45. The number of carbonyl (C=O) groups is 2. The number of ether oxygens (including phenoxy) is 2. The number of methoxy groups -OCH3 is 1. The van der Waals surface area contributed by atoms with Gasteiger partial charge in [-0.25, -0.2) is 14.8 Å². The Kier molecular flexibility index (Phi) is 8.24. The Bertz CT molecular complexity index is 1670. The first-order valence-corrected chi connectivity index (χ1v) is 17.3. The molecule has 0 bridgehead atoms. The van der Waals surface area contributed by atoms with Crippen LogP contribution in [0.5, 0.6) is 0 Å². The van der Waals surface area contributed by atoms with E-state index < -0.39 is 0 Å². The molecule has 3 aliphatic heterocycles. The summed E-state index contributed by atoms with van der Waals surface area (Å²) in [6.07, 6.45) is 7.97. The van der Waals surface area contributed by atoms with Gasteiger partial charge in [-0.3, -0.25) is 4.79 Å². The van der Waals surface area contributed by atoms with Crippen LogP contribution in [0.1, 0.15) is 48.4 Å². The van der Waals surface area contributed by atoms with Crippen molar-refractivity contribution < 1.29 is 19.1 Å². The van der Waals surface area contributed by atoms with Crippen LogP contribution in [0.15, 0.2) is 46.9 Å². The number of morpholine rings is 1. The summed E-state index contributed by atoms with van der Waals surface area (Å²) in [7, 11) is 1.44. The van der Waals surface area contributed by atoms with Crippen molar-refractivity contribution in [2.45, 2.75) is 57.2 Å². The molecule has 1 aliphatic carbocycles. The molecule has 3 aromatic rings. The van der Waals surface area contributed by atoms with Crippen LogP contribution in [0.3, 0.4) is 0 Å². The van der Waals surface area contributed by atoms with E-state index in [1.807, 2.05) is 24.8 Å². The van der Waals surface area contributed by atoms with Crippen molar-refractivity contribution in [1.82, 2.24) is 19.8 Å². The Hall–Kier alpha value is -3.21. The SMILES string of the molecule is COC(=O)C1=CC2C(S1)C(C1CCCCC1)=C(c1ccc3nc(-c4sc(C)nc4C)ccc3c1)N2CC(=O)N1CCOCC1. The number of rotatable bonds is 6. The molecule has 44 heavy (non-hydrogen) atoms. The van der Waals surface area contributed by atoms with E-state index in [0.717, 1.165) is 56.3 Å². The molecule has 1 saturated carbocycles. The molecule has 5 heterocycles. The van der Waals surface area contributed by atoms with Crippen LogP contribution >= 0.6 is 23.1 Å². The summed E-state index contributed by atoms with van der Waals surface area (Å²) < 4.78 is 10.7. The van der Waals surface area contributed by atoms with E-state index in [0.29, 0.717) is 37.1 Å². The van der Waals surface area contributed by atoms with Crippen LogP contribution in [0, 0.1) is 19.8 Å². The number of thioether (sulfide) groups is 1. The molecule has 1 aromatic carbocycles. The minimum absolute atomic E-state index is 0.0773. The fourth-order valence-corrected chi connectivity index (χ4v) is 9.60. The van der Waals surface area contributed by atoms with Gasteiger partial charge in [-0.15, -0.1) is 23.1 Å². The highest BCUT2D eigenvalue weighted by molar-refractivity contribution is 8.05. The van der Waals surface area contributed by atoms with Gasteiger partial charge in [0.05, 0.1) is 69.9 Å². The van der Waals surface area contributed by atoms with E-state index in [1.54, 1.807) is 23.1 Å². The average molecular weight is 631 g/mol. The normalized spacial score (nSPS) is 22.5. The molecule has 2 unspecified atom stereocenters. The third-order valence-corrected chi connectivity index (χ3v) is 11.8. The van der Waals surface area contributed by atoms with Crippen molar-refractivity contribution in [2.24, 2.45) is 5.92 Å². The van der Waals surface area contributed by atoms with Gasteiger partial charge >= 0.3 is 5.97 Å². The molecule has 8 nitrogen and oxygen atoms in total. The smallest absolute Gasteiger partial charge is 0.344 e. The predicted octanol–water partition coefficient (Wildman–Crippen LogP) is 5.98. The molecule has 230 valence electrons. The van der Waals surface area contributed by atoms with Gasteiger partial charge < -0.3 is 19.3 Å². The first kappa shape index (κ1) is 29.5. The highest BCUT2D eigenvalue weighted by atomic mass is 32.2. The molecule has 2 fully saturated rings. The zero-order chi connectivity index (χ0) is 30.4. The summed E-state index contributed by atoms with van der Waals surface area (Å²) in [4.78, 5) is 42.0. The summed E-state index contributed by atoms with van der Waals surface area (Å²) >= 11 is 3.29. The largest absolute Gasteiger partial charge is 0.465 e. The maximum Gasteiger partial charge on any atom is 0.344 e. The lowest BCUT2D eigenvalue weighted by Gasteiger charge is -2.33. The highest BCUT2D eigenvalue weighted by Gasteiger charge is 2.48. The van der Waals surface area contributed by atoms with Gasteiger partial charge in [0.2, 0.25) is 5.91 Å². The number of benzene rings is 1. The van der Waals surface area contributed by atoms with Crippen molar-refractivity contribution in [1.29, 1.82) is 0 Å². The molecular formula is C34H38N4O4S2. The molecule has 0 N–H and O–H groups in total. The molecule has 1 saturated heterocycles. The van der Waals surface area contributed by atoms with Gasteiger partial charge in [-0.1, -0.05) is 31.4 Å². The fraction of sp³-hybridized carbons (Fsp3) is 0.471. The van der Waals surface area contributed by atoms with Crippen LogP contribution in [0.4, 0.5) is 0 Å². The van der Waals surface area contributed by atoms with E-state index in [4.69, 9.17) is 14.5 Å². The van der Waals surface area contributed by atoms with Crippen LogP contribution < -0.4 is 0 Å². The van der Waals surface area contributed by atoms with Gasteiger partial charge in [-0.05, 0) is 68.0 Å². The second kappa shape index (κ2) is 12.3. The van der Waals surface area contributed by atoms with Crippen molar-refractivity contribution >= 4 is 51.6 Å². The van der Waals surface area contributed by atoms with E-state index in [2.05, 4.69) is 40.2 Å². The molecule has 2 aromatic heterocycles. The number of aromatic nitrogens is 2. The van der Waals surface area contributed by atoms with Crippen molar-refractivity contribution in [3.63, 3.8) is 0 Å². The first-order valence-electron chi connectivity index (χ1n) is 15.6. The summed E-state index contributed by atoms with van der Waals surface area (Å²) in [6, 6.07) is 10.7. The number of fused-ring (bicyclic) bond motifs is 2. The Morgan fingerprint density at radius 1 is 1.05 bits per heavy atom. The molecule has 0 radical (unpaired) electrons. The van der Waals surface area contributed by atoms with Crippen LogP contribution in [0.25, 0.3) is 27.2 Å². The Balaban J connectivity index is 1.32. The number of esters is 1. The average Bonchev–Trinajstić information content (AvgIpc) is 3.72. The van der Waals surface area contributed by atoms with Gasteiger partial charge in [0, 0.05) is 24.2 Å². The molecule has 4 aliphatic rings. The molecular weight excluding hydrogens is 593 g/mol.